The van der Waals surface area contributed by atoms with Gasteiger partial charge in [0.1, 0.15) is 22.8 Å². The van der Waals surface area contributed by atoms with E-state index in [1.807, 2.05) is 0 Å². The highest BCUT2D eigenvalue weighted by Crippen LogP contribution is 2.18. The molecule has 0 aliphatic rings. The predicted octanol–water partition coefficient (Wildman–Crippen LogP) is 0.1000. The molecule has 0 spiro atoms. The van der Waals surface area contributed by atoms with Gasteiger partial charge in [-0.15, -0.1) is 0 Å². The highest BCUT2D eigenvalue weighted by atomic mass is 16.2. The van der Waals surface area contributed by atoms with Gasteiger partial charge in [-0.25, -0.2) is 9.97 Å². The first-order chi connectivity index (χ1) is 13.3. The Morgan fingerprint density at radius 3 is 1.36 bits per heavy atom. The molecule has 10 N–H and O–H groups in total. The molecule has 0 saturated carbocycles. The molecular weight excluding hydrogens is 364 g/mol. The molecule has 2 aromatic heterocycles. The molecule has 0 saturated heterocycles. The number of rotatable bonds is 4. The minimum atomic E-state index is -0.499. The van der Waals surface area contributed by atoms with Crippen molar-refractivity contribution in [3.05, 3.63) is 47.8 Å². The van der Waals surface area contributed by atoms with Crippen LogP contribution in [0.1, 0.15) is 20.7 Å². The largest absolute Gasteiger partial charge is 0.383 e. The number of carbonyl (C=O) groups is 2. The van der Waals surface area contributed by atoms with Crippen LogP contribution < -0.4 is 33.6 Å². The van der Waals surface area contributed by atoms with Crippen molar-refractivity contribution in [1.82, 2.24) is 19.9 Å². The topological polar surface area (TPSA) is 214 Å². The molecule has 3 rings (SSSR count). The van der Waals surface area contributed by atoms with Crippen molar-refractivity contribution in [3.8, 4) is 0 Å². The van der Waals surface area contributed by atoms with Crippen LogP contribution in [0, 0.1) is 0 Å². The van der Waals surface area contributed by atoms with Crippen molar-refractivity contribution in [1.29, 1.82) is 0 Å². The number of anilines is 6. The van der Waals surface area contributed by atoms with E-state index in [2.05, 4.69) is 30.6 Å². The third-order valence-electron chi connectivity index (χ3n) is 3.56. The van der Waals surface area contributed by atoms with E-state index >= 15 is 0 Å². The number of carbonyl (C=O) groups excluding carboxylic acids is 2. The highest BCUT2D eigenvalue weighted by Gasteiger charge is 2.14. The van der Waals surface area contributed by atoms with E-state index in [0.717, 1.165) is 0 Å². The Morgan fingerprint density at radius 1 is 0.679 bits per heavy atom. The molecule has 28 heavy (non-hydrogen) atoms. The van der Waals surface area contributed by atoms with Crippen LogP contribution in [0.15, 0.2) is 36.7 Å². The molecule has 0 bridgehead atoms. The van der Waals surface area contributed by atoms with Gasteiger partial charge in [0.15, 0.2) is 0 Å². The molecule has 0 atom stereocenters. The smallest absolute Gasteiger partial charge is 0.260 e. The molecular formula is C16H16N10O2. The third-order valence-corrected chi connectivity index (χ3v) is 3.56. The number of nitrogens with two attached hydrogens (primary N) is 4. The average Bonchev–Trinajstić information content (AvgIpc) is 2.63. The van der Waals surface area contributed by atoms with E-state index in [4.69, 9.17) is 22.9 Å². The second-order valence-corrected chi connectivity index (χ2v) is 5.54. The van der Waals surface area contributed by atoms with Crippen molar-refractivity contribution in [2.45, 2.75) is 0 Å². The van der Waals surface area contributed by atoms with E-state index in [0.29, 0.717) is 11.4 Å². The van der Waals surface area contributed by atoms with Gasteiger partial charge in [0.2, 0.25) is 11.9 Å². The Bertz CT molecular complexity index is 967. The Morgan fingerprint density at radius 2 is 1.04 bits per heavy atom. The molecule has 0 aliphatic heterocycles. The summed E-state index contributed by atoms with van der Waals surface area (Å²) in [6, 6.07) is 6.35. The van der Waals surface area contributed by atoms with Gasteiger partial charge in [0, 0.05) is 23.8 Å². The zero-order chi connectivity index (χ0) is 20.3. The summed E-state index contributed by atoms with van der Waals surface area (Å²) in [6.07, 6.45) is 2.47. The molecule has 0 radical (unpaired) electrons. The number of aromatic nitrogens is 4. The van der Waals surface area contributed by atoms with Crippen LogP contribution in [0.4, 0.5) is 34.9 Å². The minimum Gasteiger partial charge on any atom is -0.383 e. The first-order valence-electron chi connectivity index (χ1n) is 7.82. The number of nitrogens with zero attached hydrogens (tertiary/aromatic N) is 4. The van der Waals surface area contributed by atoms with E-state index in [1.165, 1.54) is 12.4 Å². The number of benzene rings is 1. The molecule has 12 heteroatoms. The second-order valence-electron chi connectivity index (χ2n) is 5.54. The molecule has 3 aromatic rings. The van der Waals surface area contributed by atoms with Crippen LogP contribution in [0.2, 0.25) is 0 Å². The highest BCUT2D eigenvalue weighted by molar-refractivity contribution is 6.08. The van der Waals surface area contributed by atoms with Crippen molar-refractivity contribution in [2.75, 3.05) is 33.6 Å². The Hall–Kier alpha value is -4.48. The summed E-state index contributed by atoms with van der Waals surface area (Å²) < 4.78 is 0. The number of nitrogens with one attached hydrogen (secondary N) is 2. The van der Waals surface area contributed by atoms with Gasteiger partial charge in [0.25, 0.3) is 11.8 Å². The third kappa shape index (κ3) is 4.01. The fourth-order valence-electron chi connectivity index (χ4n) is 2.20. The fourth-order valence-corrected chi connectivity index (χ4v) is 2.20. The molecule has 1 aromatic carbocycles. The average molecular weight is 380 g/mol. The van der Waals surface area contributed by atoms with Crippen molar-refractivity contribution < 1.29 is 9.59 Å². The number of nitrogen functional groups attached to an aromatic ring is 4. The second kappa shape index (κ2) is 7.41. The molecule has 0 aliphatic carbocycles. The van der Waals surface area contributed by atoms with E-state index in [-0.39, 0.29) is 34.7 Å². The van der Waals surface area contributed by atoms with Crippen molar-refractivity contribution in [2.24, 2.45) is 0 Å². The maximum Gasteiger partial charge on any atom is 0.260 e. The van der Waals surface area contributed by atoms with Gasteiger partial charge in [-0.05, 0) is 24.3 Å². The predicted molar refractivity (Wildman–Crippen MR) is 104 cm³/mol. The monoisotopic (exact) mass is 380 g/mol. The maximum atomic E-state index is 12.2. The summed E-state index contributed by atoms with van der Waals surface area (Å²) in [5.41, 5.74) is 23.2. The van der Waals surface area contributed by atoms with Crippen LogP contribution in [0.3, 0.4) is 0 Å². The lowest BCUT2D eigenvalue weighted by molar-refractivity contribution is 0.101. The van der Waals surface area contributed by atoms with Crippen LogP contribution in [-0.4, -0.2) is 31.8 Å². The summed E-state index contributed by atoms with van der Waals surface area (Å²) in [5.74, 6) is -1.11. The molecule has 142 valence electrons. The van der Waals surface area contributed by atoms with Gasteiger partial charge >= 0.3 is 0 Å². The Balaban J connectivity index is 1.67. The van der Waals surface area contributed by atoms with Gasteiger partial charge in [-0.1, -0.05) is 0 Å². The quantitative estimate of drug-likeness (QED) is 0.359. The van der Waals surface area contributed by atoms with E-state index < -0.39 is 11.8 Å². The standard InChI is InChI=1S/C16H16N10O2/c17-11-9(5-21-15(19)25-11)13(27)23-7-1-2-8(4-3-7)24-14(28)10-6-22-16(20)26-12(10)18/h1-6H,(H,23,27)(H,24,28)(H4,17,19,21,25)(H4,18,20,22,26). The van der Waals surface area contributed by atoms with Crippen molar-refractivity contribution in [3.63, 3.8) is 0 Å². The number of hydrogen-bond donors (Lipinski definition) is 6. The summed E-state index contributed by atoms with van der Waals surface area (Å²) >= 11 is 0. The molecule has 2 heterocycles. The number of amides is 2. The molecule has 0 fully saturated rings. The minimum absolute atomic E-state index is 0.0266. The summed E-state index contributed by atoms with van der Waals surface area (Å²) in [7, 11) is 0. The van der Waals surface area contributed by atoms with E-state index in [1.54, 1.807) is 24.3 Å². The molecule has 2 amide bonds. The lowest BCUT2D eigenvalue weighted by atomic mass is 10.2. The van der Waals surface area contributed by atoms with Gasteiger partial charge in [-0.2, -0.15) is 9.97 Å². The molecule has 0 unspecified atom stereocenters. The van der Waals surface area contributed by atoms with Crippen LogP contribution in [0.25, 0.3) is 0 Å². The SMILES string of the molecule is Nc1ncc(C(=O)Nc2ccc(NC(=O)c3cnc(N)nc3N)cc2)c(N)n1. The first-order valence-corrected chi connectivity index (χ1v) is 7.82. The first kappa shape index (κ1) is 18.3. The van der Waals surface area contributed by atoms with Crippen molar-refractivity contribution >= 4 is 46.7 Å². The van der Waals surface area contributed by atoms with Gasteiger partial charge in [-0.3, -0.25) is 9.59 Å². The normalized spacial score (nSPS) is 10.3. The zero-order valence-electron chi connectivity index (χ0n) is 14.4. The lowest BCUT2D eigenvalue weighted by Crippen LogP contribution is -2.17. The summed E-state index contributed by atoms with van der Waals surface area (Å²) in [6.45, 7) is 0. The van der Waals surface area contributed by atoms with Crippen LogP contribution in [0.5, 0.6) is 0 Å². The molecule has 12 nitrogen and oxygen atoms in total. The fraction of sp³-hybridized carbons (Fsp3) is 0. The lowest BCUT2D eigenvalue weighted by Gasteiger charge is -2.09. The Labute approximate surface area is 158 Å². The summed E-state index contributed by atoms with van der Waals surface area (Å²) in [5, 5.41) is 5.28. The van der Waals surface area contributed by atoms with E-state index in [9.17, 15) is 9.59 Å². The zero-order valence-corrected chi connectivity index (χ0v) is 14.4. The summed E-state index contributed by atoms with van der Waals surface area (Å²) in [4.78, 5) is 39.4. The maximum absolute atomic E-state index is 12.2. The van der Waals surface area contributed by atoms with Gasteiger partial charge in [0.05, 0.1) is 0 Å². The van der Waals surface area contributed by atoms with Crippen LogP contribution in [-0.2, 0) is 0 Å². The van der Waals surface area contributed by atoms with Gasteiger partial charge < -0.3 is 33.6 Å². The number of hydrogen-bond acceptors (Lipinski definition) is 10. The van der Waals surface area contributed by atoms with Crippen LogP contribution >= 0.6 is 0 Å². The Kier molecular flexibility index (Phi) is 4.85.